The molecule has 0 radical (unpaired) electrons. The van der Waals surface area contributed by atoms with E-state index in [-0.39, 0.29) is 6.79 Å². The van der Waals surface area contributed by atoms with Crippen LogP contribution < -0.4 is 9.47 Å². The van der Waals surface area contributed by atoms with Crippen LogP contribution in [-0.4, -0.2) is 47.6 Å². The van der Waals surface area contributed by atoms with Gasteiger partial charge in [-0.25, -0.2) is 0 Å². The SMILES string of the molecule is c1cc2c(cc1-n1nnnc1SCc1nn[nH]n1)OCO2. The Morgan fingerprint density at radius 1 is 1.24 bits per heavy atom. The Hall–Kier alpha value is -2.69. The molecule has 0 saturated heterocycles. The smallest absolute Gasteiger partial charge is 0.231 e. The highest BCUT2D eigenvalue weighted by atomic mass is 32.2. The fourth-order valence-corrected chi connectivity index (χ4v) is 2.56. The number of H-pyrrole nitrogens is 1. The van der Waals surface area contributed by atoms with Gasteiger partial charge in [0.2, 0.25) is 11.9 Å². The second kappa shape index (κ2) is 5.01. The molecule has 10 nitrogen and oxygen atoms in total. The summed E-state index contributed by atoms with van der Waals surface area (Å²) in [7, 11) is 0. The second-order valence-electron chi connectivity index (χ2n) is 4.03. The number of rotatable bonds is 4. The summed E-state index contributed by atoms with van der Waals surface area (Å²) in [5.41, 5.74) is 0.792. The first-order valence-corrected chi connectivity index (χ1v) is 6.92. The Kier molecular flexibility index (Phi) is 2.88. The number of tetrazole rings is 2. The number of nitrogens with one attached hydrogen (secondary N) is 1. The minimum Gasteiger partial charge on any atom is -0.454 e. The summed E-state index contributed by atoms with van der Waals surface area (Å²) in [4.78, 5) is 0. The van der Waals surface area contributed by atoms with E-state index in [2.05, 4.69) is 36.1 Å². The van der Waals surface area contributed by atoms with E-state index in [1.807, 2.05) is 18.2 Å². The highest BCUT2D eigenvalue weighted by molar-refractivity contribution is 7.98. The Balaban J connectivity index is 1.59. The molecule has 2 aromatic heterocycles. The van der Waals surface area contributed by atoms with Crippen molar-refractivity contribution < 1.29 is 9.47 Å². The summed E-state index contributed by atoms with van der Waals surface area (Å²) in [6, 6.07) is 5.52. The summed E-state index contributed by atoms with van der Waals surface area (Å²) in [5, 5.41) is 26.0. The maximum Gasteiger partial charge on any atom is 0.231 e. The minimum absolute atomic E-state index is 0.230. The van der Waals surface area contributed by atoms with Gasteiger partial charge >= 0.3 is 0 Å². The maximum atomic E-state index is 5.35. The van der Waals surface area contributed by atoms with Gasteiger partial charge in [0.15, 0.2) is 17.3 Å². The molecule has 0 atom stereocenters. The maximum absolute atomic E-state index is 5.35. The van der Waals surface area contributed by atoms with Crippen molar-refractivity contribution in [2.24, 2.45) is 0 Å². The first kappa shape index (κ1) is 12.1. The number of hydrogen-bond donors (Lipinski definition) is 1. The Morgan fingerprint density at radius 3 is 3.10 bits per heavy atom. The molecule has 0 fully saturated rings. The molecule has 0 amide bonds. The number of nitrogens with zero attached hydrogens (tertiary/aromatic N) is 7. The molecule has 0 aliphatic carbocycles. The normalized spacial score (nSPS) is 12.8. The molecule has 106 valence electrons. The first-order chi connectivity index (χ1) is 10.4. The lowest BCUT2D eigenvalue weighted by molar-refractivity contribution is 0.174. The molecule has 0 bridgehead atoms. The molecule has 11 heteroatoms. The second-order valence-corrected chi connectivity index (χ2v) is 4.97. The monoisotopic (exact) mass is 304 g/mol. The van der Waals surface area contributed by atoms with E-state index < -0.39 is 0 Å². The zero-order valence-corrected chi connectivity index (χ0v) is 11.3. The van der Waals surface area contributed by atoms with Crippen LogP contribution in [0.25, 0.3) is 5.69 Å². The lowest BCUT2D eigenvalue weighted by Crippen LogP contribution is -1.99. The number of ether oxygens (including phenoxy) is 2. The molecule has 1 aromatic carbocycles. The molecule has 21 heavy (non-hydrogen) atoms. The topological polar surface area (TPSA) is 117 Å². The molecular formula is C10H8N8O2S. The van der Waals surface area contributed by atoms with Crippen molar-refractivity contribution in [2.75, 3.05) is 6.79 Å². The van der Waals surface area contributed by atoms with Gasteiger partial charge in [-0.3, -0.25) is 0 Å². The third-order valence-corrected chi connectivity index (χ3v) is 3.68. The van der Waals surface area contributed by atoms with Crippen LogP contribution in [0, 0.1) is 0 Å². The number of aromatic nitrogens is 8. The first-order valence-electron chi connectivity index (χ1n) is 5.94. The van der Waals surface area contributed by atoms with Crippen LogP contribution in [0.4, 0.5) is 0 Å². The van der Waals surface area contributed by atoms with Gasteiger partial charge in [0.05, 0.1) is 11.4 Å². The van der Waals surface area contributed by atoms with Gasteiger partial charge in [0.25, 0.3) is 0 Å². The quantitative estimate of drug-likeness (QED) is 0.674. The van der Waals surface area contributed by atoms with Gasteiger partial charge in [-0.1, -0.05) is 17.0 Å². The highest BCUT2D eigenvalue weighted by Gasteiger charge is 2.16. The summed E-state index contributed by atoms with van der Waals surface area (Å²) < 4.78 is 12.3. The van der Waals surface area contributed by atoms with E-state index in [0.717, 1.165) is 5.69 Å². The van der Waals surface area contributed by atoms with E-state index in [4.69, 9.17) is 9.47 Å². The van der Waals surface area contributed by atoms with Crippen molar-refractivity contribution in [3.05, 3.63) is 24.0 Å². The van der Waals surface area contributed by atoms with Crippen molar-refractivity contribution in [1.82, 2.24) is 40.8 Å². The fourth-order valence-electron chi connectivity index (χ4n) is 1.82. The van der Waals surface area contributed by atoms with Gasteiger partial charge in [0.1, 0.15) is 0 Å². The average Bonchev–Trinajstić information content (AvgIpc) is 3.24. The third kappa shape index (κ3) is 2.27. The Labute approximate surface area is 121 Å². The van der Waals surface area contributed by atoms with Crippen LogP contribution in [0.5, 0.6) is 11.5 Å². The number of benzene rings is 1. The van der Waals surface area contributed by atoms with Gasteiger partial charge in [-0.05, 0) is 22.6 Å². The van der Waals surface area contributed by atoms with Crippen LogP contribution >= 0.6 is 11.8 Å². The summed E-state index contributed by atoms with van der Waals surface area (Å²) >= 11 is 1.41. The molecule has 0 spiro atoms. The van der Waals surface area contributed by atoms with Crippen molar-refractivity contribution in [3.63, 3.8) is 0 Å². The number of aromatic amines is 1. The highest BCUT2D eigenvalue weighted by Crippen LogP contribution is 2.34. The summed E-state index contributed by atoms with van der Waals surface area (Å²) in [6.45, 7) is 0.230. The average molecular weight is 304 g/mol. The predicted molar refractivity (Wildman–Crippen MR) is 69.0 cm³/mol. The number of hydrogen-bond acceptors (Lipinski definition) is 9. The lowest BCUT2D eigenvalue weighted by atomic mass is 10.3. The van der Waals surface area contributed by atoms with Gasteiger partial charge in [0, 0.05) is 6.07 Å². The van der Waals surface area contributed by atoms with E-state index in [9.17, 15) is 0 Å². The standard InChI is InChI=1S/C10H8N8O2S/c1-2-7-8(20-5-19-7)3-6(1)18-10(13-16-17-18)21-4-9-11-14-15-12-9/h1-3H,4-5H2,(H,11,12,14,15). The fraction of sp³-hybridized carbons (Fsp3) is 0.200. The summed E-state index contributed by atoms with van der Waals surface area (Å²) in [5.74, 6) is 2.49. The van der Waals surface area contributed by atoms with E-state index in [0.29, 0.717) is 28.2 Å². The molecule has 0 saturated carbocycles. The Morgan fingerprint density at radius 2 is 2.19 bits per heavy atom. The van der Waals surface area contributed by atoms with Crippen LogP contribution in [0.2, 0.25) is 0 Å². The van der Waals surface area contributed by atoms with E-state index >= 15 is 0 Å². The molecular weight excluding hydrogens is 296 g/mol. The van der Waals surface area contributed by atoms with Crippen molar-refractivity contribution >= 4 is 11.8 Å². The molecule has 3 aromatic rings. The van der Waals surface area contributed by atoms with Crippen LogP contribution in [0.3, 0.4) is 0 Å². The largest absolute Gasteiger partial charge is 0.454 e. The number of fused-ring (bicyclic) bond motifs is 1. The van der Waals surface area contributed by atoms with Crippen molar-refractivity contribution in [2.45, 2.75) is 10.9 Å². The lowest BCUT2D eigenvalue weighted by Gasteiger charge is -2.04. The molecule has 0 unspecified atom stereocenters. The van der Waals surface area contributed by atoms with Crippen molar-refractivity contribution in [3.8, 4) is 17.2 Å². The van der Waals surface area contributed by atoms with E-state index in [1.165, 1.54) is 11.8 Å². The van der Waals surface area contributed by atoms with Crippen molar-refractivity contribution in [1.29, 1.82) is 0 Å². The molecule has 1 aliphatic rings. The third-order valence-electron chi connectivity index (χ3n) is 2.76. The predicted octanol–water partition coefficient (Wildman–Crippen LogP) is 0.196. The summed E-state index contributed by atoms with van der Waals surface area (Å²) in [6.07, 6.45) is 0. The minimum atomic E-state index is 0.230. The van der Waals surface area contributed by atoms with Crippen LogP contribution in [-0.2, 0) is 5.75 Å². The van der Waals surface area contributed by atoms with Gasteiger partial charge in [-0.2, -0.15) is 9.90 Å². The molecule has 1 aliphatic heterocycles. The van der Waals surface area contributed by atoms with Gasteiger partial charge in [-0.15, -0.1) is 15.3 Å². The zero-order valence-electron chi connectivity index (χ0n) is 10.5. The van der Waals surface area contributed by atoms with Crippen LogP contribution in [0.15, 0.2) is 23.4 Å². The van der Waals surface area contributed by atoms with Gasteiger partial charge < -0.3 is 9.47 Å². The zero-order chi connectivity index (χ0) is 14.1. The van der Waals surface area contributed by atoms with Crippen LogP contribution in [0.1, 0.15) is 5.82 Å². The van der Waals surface area contributed by atoms with E-state index in [1.54, 1.807) is 4.68 Å². The number of thioether (sulfide) groups is 1. The molecule has 1 N–H and O–H groups in total. The molecule has 4 rings (SSSR count). The Bertz CT molecular complexity index is 758. The molecule has 3 heterocycles.